The van der Waals surface area contributed by atoms with Gasteiger partial charge in [-0.15, -0.1) is 11.3 Å². The van der Waals surface area contributed by atoms with Crippen molar-refractivity contribution in [3.05, 3.63) is 56.3 Å². The first-order valence-corrected chi connectivity index (χ1v) is 6.62. The Kier molecular flexibility index (Phi) is 4.48. The molecule has 0 bridgehead atoms. The van der Waals surface area contributed by atoms with Crippen molar-refractivity contribution in [3.63, 3.8) is 0 Å². The summed E-state index contributed by atoms with van der Waals surface area (Å²) in [6, 6.07) is 8.82. The number of ether oxygens (including phenoxy) is 1. The largest absolute Gasteiger partial charge is 0.496 e. The second-order valence-electron chi connectivity index (χ2n) is 3.98. The Hall–Kier alpha value is -1.92. The summed E-state index contributed by atoms with van der Waals surface area (Å²) >= 11 is 1.68. The van der Waals surface area contributed by atoms with Crippen LogP contribution in [0.15, 0.2) is 35.7 Å². The lowest BCUT2D eigenvalue weighted by molar-refractivity contribution is -0.385. The number of methoxy groups -OCH3 is 1. The molecule has 0 aliphatic heterocycles. The molecule has 2 aromatic rings. The summed E-state index contributed by atoms with van der Waals surface area (Å²) in [7, 11) is 1.50. The van der Waals surface area contributed by atoms with Gasteiger partial charge in [0.1, 0.15) is 5.75 Å². The Morgan fingerprint density at radius 3 is 2.84 bits per heavy atom. The molecule has 0 unspecified atom stereocenters. The summed E-state index contributed by atoms with van der Waals surface area (Å²) in [6.07, 6.45) is 0. The second kappa shape index (κ2) is 6.31. The van der Waals surface area contributed by atoms with E-state index in [-0.39, 0.29) is 5.69 Å². The topological polar surface area (TPSA) is 64.4 Å². The maximum atomic E-state index is 10.8. The summed E-state index contributed by atoms with van der Waals surface area (Å²) in [5.41, 5.74) is 0.884. The molecular weight excluding hydrogens is 264 g/mol. The van der Waals surface area contributed by atoms with Crippen LogP contribution in [0.5, 0.6) is 5.75 Å². The molecule has 0 atom stereocenters. The molecule has 1 aromatic carbocycles. The van der Waals surface area contributed by atoms with Gasteiger partial charge < -0.3 is 10.1 Å². The van der Waals surface area contributed by atoms with Gasteiger partial charge in [0.05, 0.1) is 18.1 Å². The molecule has 0 fully saturated rings. The fraction of sp³-hybridized carbons (Fsp3) is 0.231. The van der Waals surface area contributed by atoms with Crippen LogP contribution in [0.2, 0.25) is 0 Å². The molecule has 0 aliphatic rings. The van der Waals surface area contributed by atoms with Crippen LogP contribution in [0.4, 0.5) is 5.69 Å². The molecule has 1 aromatic heterocycles. The SMILES string of the molecule is COc1cc(CNCc2cccs2)cc([N+](=O)[O-])c1. The van der Waals surface area contributed by atoms with E-state index < -0.39 is 4.92 Å². The van der Waals surface area contributed by atoms with Crippen LogP contribution in [-0.2, 0) is 13.1 Å². The zero-order valence-electron chi connectivity index (χ0n) is 10.5. The van der Waals surface area contributed by atoms with Crippen molar-refractivity contribution in [1.29, 1.82) is 0 Å². The van der Waals surface area contributed by atoms with E-state index in [2.05, 4.69) is 5.32 Å². The second-order valence-corrected chi connectivity index (χ2v) is 5.01. The maximum absolute atomic E-state index is 10.8. The number of nitrogens with zero attached hydrogens (tertiary/aromatic N) is 1. The Morgan fingerprint density at radius 2 is 2.21 bits per heavy atom. The Balaban J connectivity index is 2.02. The molecule has 0 radical (unpaired) electrons. The average molecular weight is 278 g/mol. The molecular formula is C13H14N2O3S. The number of nitro groups is 1. The normalized spacial score (nSPS) is 10.4. The monoisotopic (exact) mass is 278 g/mol. The quantitative estimate of drug-likeness (QED) is 0.651. The van der Waals surface area contributed by atoms with Gasteiger partial charge in [-0.2, -0.15) is 0 Å². The number of hydrogen-bond donors (Lipinski definition) is 1. The first-order chi connectivity index (χ1) is 9.19. The van der Waals surface area contributed by atoms with E-state index in [9.17, 15) is 10.1 Å². The van der Waals surface area contributed by atoms with E-state index in [0.717, 1.165) is 12.1 Å². The third kappa shape index (κ3) is 3.77. The van der Waals surface area contributed by atoms with Crippen LogP contribution in [0, 0.1) is 10.1 Å². The number of nitrogens with one attached hydrogen (secondary N) is 1. The number of nitro benzene ring substituents is 1. The minimum atomic E-state index is -0.411. The predicted octanol–water partition coefficient (Wildman–Crippen LogP) is 2.95. The van der Waals surface area contributed by atoms with Gasteiger partial charge >= 0.3 is 0 Å². The van der Waals surface area contributed by atoms with E-state index in [4.69, 9.17) is 4.74 Å². The first kappa shape index (κ1) is 13.5. The van der Waals surface area contributed by atoms with E-state index >= 15 is 0 Å². The predicted molar refractivity (Wildman–Crippen MR) is 74.5 cm³/mol. The molecule has 0 aliphatic carbocycles. The summed E-state index contributed by atoms with van der Waals surface area (Å²) in [5, 5.41) is 16.1. The van der Waals surface area contributed by atoms with Gasteiger partial charge in [0.15, 0.2) is 0 Å². The summed E-state index contributed by atoms with van der Waals surface area (Å²) in [4.78, 5) is 11.6. The van der Waals surface area contributed by atoms with Crippen LogP contribution in [0.25, 0.3) is 0 Å². The highest BCUT2D eigenvalue weighted by Gasteiger charge is 2.09. The molecule has 2 rings (SSSR count). The average Bonchev–Trinajstić information content (AvgIpc) is 2.91. The lowest BCUT2D eigenvalue weighted by Gasteiger charge is -2.06. The van der Waals surface area contributed by atoms with Crippen LogP contribution >= 0.6 is 11.3 Å². The van der Waals surface area contributed by atoms with Crippen molar-refractivity contribution >= 4 is 17.0 Å². The molecule has 19 heavy (non-hydrogen) atoms. The third-order valence-corrected chi connectivity index (χ3v) is 3.48. The first-order valence-electron chi connectivity index (χ1n) is 5.74. The van der Waals surface area contributed by atoms with E-state index in [1.165, 1.54) is 18.1 Å². The van der Waals surface area contributed by atoms with Gasteiger partial charge in [-0.3, -0.25) is 10.1 Å². The third-order valence-electron chi connectivity index (χ3n) is 2.61. The van der Waals surface area contributed by atoms with Crippen molar-refractivity contribution in [3.8, 4) is 5.75 Å². The van der Waals surface area contributed by atoms with E-state index in [0.29, 0.717) is 12.3 Å². The van der Waals surface area contributed by atoms with E-state index in [1.54, 1.807) is 23.5 Å². The maximum Gasteiger partial charge on any atom is 0.273 e. The van der Waals surface area contributed by atoms with Crippen LogP contribution in [0.3, 0.4) is 0 Å². The molecule has 1 N–H and O–H groups in total. The molecule has 0 saturated heterocycles. The number of benzene rings is 1. The zero-order chi connectivity index (χ0) is 13.7. The highest BCUT2D eigenvalue weighted by molar-refractivity contribution is 7.09. The van der Waals surface area contributed by atoms with Gasteiger partial charge in [-0.1, -0.05) is 6.07 Å². The molecule has 100 valence electrons. The highest BCUT2D eigenvalue weighted by atomic mass is 32.1. The summed E-state index contributed by atoms with van der Waals surface area (Å²) in [5.74, 6) is 0.502. The molecule has 0 spiro atoms. The van der Waals surface area contributed by atoms with Gasteiger partial charge in [-0.05, 0) is 23.1 Å². The number of rotatable bonds is 6. The van der Waals surface area contributed by atoms with Gasteiger partial charge in [-0.25, -0.2) is 0 Å². The lowest BCUT2D eigenvalue weighted by Crippen LogP contribution is -2.12. The molecule has 0 amide bonds. The minimum absolute atomic E-state index is 0.0484. The highest BCUT2D eigenvalue weighted by Crippen LogP contribution is 2.22. The Morgan fingerprint density at radius 1 is 1.37 bits per heavy atom. The van der Waals surface area contributed by atoms with Crippen molar-refractivity contribution in [2.75, 3.05) is 7.11 Å². The fourth-order valence-corrected chi connectivity index (χ4v) is 2.39. The van der Waals surface area contributed by atoms with Crippen molar-refractivity contribution < 1.29 is 9.66 Å². The lowest BCUT2D eigenvalue weighted by atomic mass is 10.2. The van der Waals surface area contributed by atoms with Crippen molar-refractivity contribution in [2.45, 2.75) is 13.1 Å². The van der Waals surface area contributed by atoms with E-state index in [1.807, 2.05) is 17.5 Å². The minimum Gasteiger partial charge on any atom is -0.496 e. The van der Waals surface area contributed by atoms with Crippen molar-refractivity contribution in [1.82, 2.24) is 5.32 Å². The number of thiophene rings is 1. The Labute approximate surface area is 115 Å². The Bertz CT molecular complexity index is 555. The smallest absolute Gasteiger partial charge is 0.273 e. The fourth-order valence-electron chi connectivity index (χ4n) is 1.71. The number of non-ortho nitro benzene ring substituents is 1. The molecule has 1 heterocycles. The van der Waals surface area contributed by atoms with Crippen LogP contribution in [0.1, 0.15) is 10.4 Å². The molecule has 5 nitrogen and oxygen atoms in total. The molecule has 6 heteroatoms. The molecule has 0 saturated carbocycles. The standard InChI is InChI=1S/C13H14N2O3S/c1-18-12-6-10(5-11(7-12)15(16)17)8-14-9-13-3-2-4-19-13/h2-7,14H,8-9H2,1H3. The summed E-state index contributed by atoms with van der Waals surface area (Å²) in [6.45, 7) is 1.32. The summed E-state index contributed by atoms with van der Waals surface area (Å²) < 4.78 is 5.07. The van der Waals surface area contributed by atoms with Gasteiger partial charge in [0, 0.05) is 24.0 Å². The van der Waals surface area contributed by atoms with Crippen LogP contribution in [-0.4, -0.2) is 12.0 Å². The van der Waals surface area contributed by atoms with Gasteiger partial charge in [0.25, 0.3) is 5.69 Å². The van der Waals surface area contributed by atoms with Crippen molar-refractivity contribution in [2.24, 2.45) is 0 Å². The van der Waals surface area contributed by atoms with Crippen LogP contribution < -0.4 is 10.1 Å². The van der Waals surface area contributed by atoms with Gasteiger partial charge in [0.2, 0.25) is 0 Å². The zero-order valence-corrected chi connectivity index (χ0v) is 11.3. The number of hydrogen-bond acceptors (Lipinski definition) is 5.